The van der Waals surface area contributed by atoms with Crippen molar-refractivity contribution in [2.75, 3.05) is 6.61 Å². The molecule has 22 heteroatoms. The molecular formula is C30H24F13N3O6. The van der Waals surface area contributed by atoms with Gasteiger partial charge >= 0.3 is 47.7 Å². The van der Waals surface area contributed by atoms with Gasteiger partial charge in [-0.25, -0.2) is 9.59 Å². The molecule has 2 heterocycles. The second-order valence-corrected chi connectivity index (χ2v) is 11.2. The number of nitro benzene ring substituents is 1. The van der Waals surface area contributed by atoms with Crippen molar-refractivity contribution in [3.05, 3.63) is 92.6 Å². The maximum Gasteiger partial charge on any atom is 0.460 e. The number of halogens is 13. The predicted octanol–water partition coefficient (Wildman–Crippen LogP) is 8.03. The lowest BCUT2D eigenvalue weighted by Gasteiger charge is -2.39. The first-order chi connectivity index (χ1) is 23.7. The van der Waals surface area contributed by atoms with E-state index in [0.29, 0.717) is 5.56 Å². The maximum absolute atomic E-state index is 14.3. The van der Waals surface area contributed by atoms with Crippen LogP contribution >= 0.6 is 0 Å². The third-order valence-corrected chi connectivity index (χ3v) is 7.57. The van der Waals surface area contributed by atoms with Gasteiger partial charge in [-0.05, 0) is 31.9 Å². The van der Waals surface area contributed by atoms with E-state index in [2.05, 4.69) is 10.3 Å². The number of alkyl halides is 13. The number of carbonyl (C=O) groups excluding carboxylic acids is 2. The fourth-order valence-electron chi connectivity index (χ4n) is 4.89. The number of esters is 2. The first-order valence-electron chi connectivity index (χ1n) is 14.3. The van der Waals surface area contributed by atoms with Gasteiger partial charge in [0.1, 0.15) is 6.61 Å². The second-order valence-electron chi connectivity index (χ2n) is 11.2. The summed E-state index contributed by atoms with van der Waals surface area (Å²) in [5.41, 5.74) is -1.12. The minimum Gasteiger partial charge on any atom is -0.462 e. The Labute approximate surface area is 283 Å². The zero-order chi connectivity index (χ0) is 39.7. The van der Waals surface area contributed by atoms with Crippen molar-refractivity contribution in [1.82, 2.24) is 10.3 Å². The summed E-state index contributed by atoms with van der Waals surface area (Å²) in [5, 5.41) is 14.1. The Morgan fingerprint density at radius 1 is 0.808 bits per heavy atom. The molecular weight excluding hydrogens is 745 g/mol. The Bertz CT molecular complexity index is 1750. The van der Waals surface area contributed by atoms with E-state index in [0.717, 1.165) is 12.1 Å². The summed E-state index contributed by atoms with van der Waals surface area (Å²) in [7, 11) is 0. The molecule has 286 valence electrons. The number of nitro groups is 1. The molecule has 0 saturated heterocycles. The van der Waals surface area contributed by atoms with E-state index in [1.165, 1.54) is 50.5 Å². The third-order valence-electron chi connectivity index (χ3n) is 7.57. The fourth-order valence-corrected chi connectivity index (χ4v) is 4.89. The highest BCUT2D eigenvalue weighted by molar-refractivity contribution is 6.00. The van der Waals surface area contributed by atoms with Gasteiger partial charge in [0.2, 0.25) is 0 Å². The average molecular weight is 770 g/mol. The number of benzene rings is 1. The Hall–Kier alpha value is -4.92. The van der Waals surface area contributed by atoms with Crippen LogP contribution in [0.25, 0.3) is 0 Å². The van der Waals surface area contributed by atoms with Crippen LogP contribution in [0.4, 0.5) is 62.8 Å². The highest BCUT2D eigenvalue weighted by atomic mass is 19.4. The maximum atomic E-state index is 14.3. The molecule has 9 nitrogen and oxygen atoms in total. The van der Waals surface area contributed by atoms with Crippen LogP contribution in [-0.2, 0) is 25.7 Å². The number of carbonyl (C=O) groups is 2. The van der Waals surface area contributed by atoms with Crippen molar-refractivity contribution < 1.29 is 81.1 Å². The zero-order valence-corrected chi connectivity index (χ0v) is 26.3. The Morgan fingerprint density at radius 3 is 1.88 bits per heavy atom. The lowest BCUT2D eigenvalue weighted by atomic mass is 9.80. The van der Waals surface area contributed by atoms with Crippen LogP contribution in [0.5, 0.6) is 0 Å². The smallest absolute Gasteiger partial charge is 0.460 e. The van der Waals surface area contributed by atoms with Gasteiger partial charge in [0.25, 0.3) is 5.69 Å². The number of dihydropyridines is 1. The van der Waals surface area contributed by atoms with Crippen molar-refractivity contribution in [3.63, 3.8) is 0 Å². The largest absolute Gasteiger partial charge is 0.462 e. The molecule has 0 aliphatic carbocycles. The topological polar surface area (TPSA) is 121 Å². The Morgan fingerprint density at radius 2 is 1.37 bits per heavy atom. The van der Waals surface area contributed by atoms with E-state index in [1.54, 1.807) is 0 Å². The standard InChI is InChI=1S/C30H24F13N3O6/c1-15-20(23(47)51-11-5-9-25(31,32)26(33,34)27(35,36)28(37,38)29(39,40)30(41,42)43)22(18-7-3-8-19(12-18)46(49)50)21(16(2)45-15)24(48)52-14-17-6-4-10-44-13-17/h3-4,6-8,10,12-13,22,45H,5,9,11,14H2,1-2H3. The van der Waals surface area contributed by atoms with Gasteiger partial charge in [-0.1, -0.05) is 18.2 Å². The van der Waals surface area contributed by atoms with E-state index in [4.69, 9.17) is 9.47 Å². The molecule has 0 spiro atoms. The zero-order valence-electron chi connectivity index (χ0n) is 26.3. The summed E-state index contributed by atoms with van der Waals surface area (Å²) < 4.78 is 185. The molecule has 0 bridgehead atoms. The molecule has 1 N–H and O–H groups in total. The highest BCUT2D eigenvalue weighted by Crippen LogP contribution is 2.60. The number of rotatable bonds is 14. The van der Waals surface area contributed by atoms with Crippen LogP contribution in [0.1, 0.15) is 43.7 Å². The molecule has 1 aromatic heterocycles. The first-order valence-corrected chi connectivity index (χ1v) is 14.3. The van der Waals surface area contributed by atoms with Crippen molar-refractivity contribution in [3.8, 4) is 0 Å². The van der Waals surface area contributed by atoms with Crippen molar-refractivity contribution in [1.29, 1.82) is 0 Å². The molecule has 52 heavy (non-hydrogen) atoms. The second kappa shape index (κ2) is 14.6. The average Bonchev–Trinajstić information content (AvgIpc) is 3.04. The molecule has 1 aliphatic rings. The highest BCUT2D eigenvalue weighted by Gasteiger charge is 2.90. The molecule has 0 saturated carbocycles. The number of non-ortho nitro benzene ring substituents is 1. The number of ether oxygens (including phenoxy) is 2. The lowest BCUT2D eigenvalue weighted by molar-refractivity contribution is -0.440. The van der Waals surface area contributed by atoms with Gasteiger partial charge in [-0.3, -0.25) is 15.1 Å². The SMILES string of the molecule is CC1=C(C(=O)OCCCC(F)(F)C(F)(F)C(F)(F)C(F)(F)C(F)(F)C(F)(F)F)C(c2cccc([N+](=O)[O-])c2)C(C(=O)OCc2cccnc2)=C(C)N1. The molecule has 0 radical (unpaired) electrons. The van der Waals surface area contributed by atoms with Crippen LogP contribution in [-0.4, -0.2) is 64.2 Å². The summed E-state index contributed by atoms with van der Waals surface area (Å²) in [4.78, 5) is 41.2. The van der Waals surface area contributed by atoms with Gasteiger partial charge in [0.15, 0.2) is 0 Å². The quantitative estimate of drug-likeness (QED) is 0.0675. The lowest BCUT2D eigenvalue weighted by Crippen LogP contribution is -2.70. The van der Waals surface area contributed by atoms with Gasteiger partial charge in [-0.2, -0.15) is 57.1 Å². The van der Waals surface area contributed by atoms with Crippen LogP contribution in [0.15, 0.2) is 71.3 Å². The number of nitrogens with zero attached hydrogens (tertiary/aromatic N) is 2. The van der Waals surface area contributed by atoms with Gasteiger partial charge < -0.3 is 14.8 Å². The third kappa shape index (κ3) is 7.64. The molecule has 2 aromatic rings. The number of aromatic nitrogens is 1. The number of nitrogens with one attached hydrogen (secondary N) is 1. The molecule has 0 fully saturated rings. The molecule has 1 unspecified atom stereocenters. The normalized spacial score (nSPS) is 16.4. The van der Waals surface area contributed by atoms with Crippen LogP contribution in [0.2, 0.25) is 0 Å². The molecule has 0 amide bonds. The Balaban J connectivity index is 1.87. The van der Waals surface area contributed by atoms with Gasteiger partial charge in [0, 0.05) is 47.9 Å². The predicted molar refractivity (Wildman–Crippen MR) is 149 cm³/mol. The summed E-state index contributed by atoms with van der Waals surface area (Å²) in [6, 6.07) is 7.48. The summed E-state index contributed by atoms with van der Waals surface area (Å²) >= 11 is 0. The molecule has 3 rings (SSSR count). The molecule has 1 atom stereocenters. The van der Waals surface area contributed by atoms with E-state index in [1.807, 2.05) is 0 Å². The van der Waals surface area contributed by atoms with Crippen molar-refractivity contribution in [2.24, 2.45) is 0 Å². The van der Waals surface area contributed by atoms with E-state index in [9.17, 15) is 76.8 Å². The number of allylic oxidation sites excluding steroid dienone is 2. The van der Waals surface area contributed by atoms with Crippen molar-refractivity contribution >= 4 is 17.6 Å². The van der Waals surface area contributed by atoms with Gasteiger partial charge in [-0.15, -0.1) is 0 Å². The number of hydrogen-bond acceptors (Lipinski definition) is 8. The minimum absolute atomic E-state index is 0.0532. The van der Waals surface area contributed by atoms with Gasteiger partial charge in [0.05, 0.1) is 28.6 Å². The molecule has 1 aliphatic heterocycles. The number of pyridine rings is 1. The monoisotopic (exact) mass is 769 g/mol. The molecule has 1 aromatic carbocycles. The van der Waals surface area contributed by atoms with Crippen molar-refractivity contribution in [2.45, 2.75) is 75.0 Å². The minimum atomic E-state index is -8.06. The summed E-state index contributed by atoms with van der Waals surface area (Å²) in [6.07, 6.45) is -8.96. The van der Waals surface area contributed by atoms with E-state index >= 15 is 0 Å². The van der Waals surface area contributed by atoms with E-state index < -0.39 is 89.3 Å². The summed E-state index contributed by atoms with van der Waals surface area (Å²) in [5.74, 6) is -41.9. The van der Waals surface area contributed by atoms with Crippen LogP contribution in [0.3, 0.4) is 0 Å². The Kier molecular flexibility index (Phi) is 11.7. The summed E-state index contributed by atoms with van der Waals surface area (Å²) in [6.45, 7) is 0.830. The van der Waals surface area contributed by atoms with Crippen LogP contribution < -0.4 is 5.32 Å². The first kappa shape index (κ1) is 41.5. The fraction of sp³-hybridized carbons (Fsp3) is 0.433. The van der Waals surface area contributed by atoms with E-state index in [-0.39, 0.29) is 29.1 Å². The van der Waals surface area contributed by atoms with Crippen LogP contribution in [0, 0.1) is 10.1 Å². The number of hydrogen-bond donors (Lipinski definition) is 1.